The number of nitrogens with zero attached hydrogens (tertiary/aromatic N) is 1. The fourth-order valence-electron chi connectivity index (χ4n) is 2.33. The highest BCUT2D eigenvalue weighted by Gasteiger charge is 2.20. The van der Waals surface area contributed by atoms with Crippen LogP contribution in [0.2, 0.25) is 5.02 Å². The van der Waals surface area contributed by atoms with Crippen molar-refractivity contribution in [1.82, 2.24) is 4.90 Å². The SMILES string of the molecule is CC1CCCN(C(=O)c2cc(Cl)cc(Br)c2)CC1. The van der Waals surface area contributed by atoms with Crippen molar-refractivity contribution < 1.29 is 4.79 Å². The predicted octanol–water partition coefficient (Wildman–Crippen LogP) is 4.36. The lowest BCUT2D eigenvalue weighted by molar-refractivity contribution is 0.0760. The summed E-state index contributed by atoms with van der Waals surface area (Å²) in [6.07, 6.45) is 3.39. The van der Waals surface area contributed by atoms with E-state index in [-0.39, 0.29) is 5.91 Å². The molecule has 0 bridgehead atoms. The van der Waals surface area contributed by atoms with Crippen molar-refractivity contribution in [3.8, 4) is 0 Å². The van der Waals surface area contributed by atoms with Crippen LogP contribution in [0.1, 0.15) is 36.5 Å². The zero-order valence-electron chi connectivity index (χ0n) is 10.5. The first-order valence-corrected chi connectivity index (χ1v) is 7.49. The average molecular weight is 331 g/mol. The highest BCUT2D eigenvalue weighted by atomic mass is 79.9. The lowest BCUT2D eigenvalue weighted by Gasteiger charge is -2.20. The third-order valence-electron chi connectivity index (χ3n) is 3.41. The Hall–Kier alpha value is -0.540. The molecule has 1 aliphatic rings. The van der Waals surface area contributed by atoms with Crippen molar-refractivity contribution >= 4 is 33.4 Å². The molecule has 2 nitrogen and oxygen atoms in total. The maximum Gasteiger partial charge on any atom is 0.253 e. The summed E-state index contributed by atoms with van der Waals surface area (Å²) in [5.74, 6) is 0.807. The molecule has 1 fully saturated rings. The zero-order valence-corrected chi connectivity index (χ0v) is 12.8. The molecule has 0 aliphatic carbocycles. The molecule has 0 N–H and O–H groups in total. The predicted molar refractivity (Wildman–Crippen MR) is 78.1 cm³/mol. The lowest BCUT2D eigenvalue weighted by atomic mass is 10.0. The Balaban J connectivity index is 2.14. The molecule has 18 heavy (non-hydrogen) atoms. The van der Waals surface area contributed by atoms with Gasteiger partial charge in [0.05, 0.1) is 0 Å². The third kappa shape index (κ3) is 3.48. The van der Waals surface area contributed by atoms with Crippen LogP contribution in [0.5, 0.6) is 0 Å². The minimum atomic E-state index is 0.0901. The topological polar surface area (TPSA) is 20.3 Å². The lowest BCUT2D eigenvalue weighted by Crippen LogP contribution is -2.32. The van der Waals surface area contributed by atoms with E-state index in [4.69, 9.17) is 11.6 Å². The largest absolute Gasteiger partial charge is 0.339 e. The van der Waals surface area contributed by atoms with Crippen LogP contribution in [-0.4, -0.2) is 23.9 Å². The van der Waals surface area contributed by atoms with Crippen molar-refractivity contribution in [2.75, 3.05) is 13.1 Å². The van der Waals surface area contributed by atoms with Crippen LogP contribution in [0, 0.1) is 5.92 Å². The number of halogens is 2. The summed E-state index contributed by atoms with van der Waals surface area (Å²) in [5, 5.41) is 0.593. The Bertz CT molecular complexity index is 429. The van der Waals surface area contributed by atoms with Gasteiger partial charge in [0.2, 0.25) is 0 Å². The second-order valence-corrected chi connectivity index (χ2v) is 6.34. The van der Waals surface area contributed by atoms with Gasteiger partial charge in [0.25, 0.3) is 5.91 Å². The van der Waals surface area contributed by atoms with Crippen molar-refractivity contribution in [2.24, 2.45) is 5.92 Å². The molecule has 1 amide bonds. The molecule has 1 unspecified atom stereocenters. The Labute approximate surface area is 121 Å². The first-order chi connectivity index (χ1) is 8.56. The van der Waals surface area contributed by atoms with Crippen molar-refractivity contribution in [3.05, 3.63) is 33.3 Å². The van der Waals surface area contributed by atoms with Gasteiger partial charge in [0, 0.05) is 28.1 Å². The van der Waals surface area contributed by atoms with E-state index in [2.05, 4.69) is 22.9 Å². The zero-order chi connectivity index (χ0) is 13.1. The molecule has 0 saturated carbocycles. The van der Waals surface area contributed by atoms with Gasteiger partial charge in [-0.05, 0) is 43.4 Å². The molecule has 2 rings (SSSR count). The number of carbonyl (C=O) groups is 1. The average Bonchev–Trinajstić information content (AvgIpc) is 2.52. The van der Waals surface area contributed by atoms with Gasteiger partial charge in [-0.2, -0.15) is 0 Å². The Morgan fingerprint density at radius 2 is 2.11 bits per heavy atom. The molecule has 1 aromatic carbocycles. The molecule has 0 aromatic heterocycles. The molecular formula is C14H17BrClNO. The smallest absolute Gasteiger partial charge is 0.253 e. The summed E-state index contributed by atoms with van der Waals surface area (Å²) in [6, 6.07) is 5.37. The van der Waals surface area contributed by atoms with Crippen molar-refractivity contribution in [1.29, 1.82) is 0 Å². The molecule has 98 valence electrons. The Kier molecular flexibility index (Phi) is 4.68. The normalized spacial score (nSPS) is 20.6. The van der Waals surface area contributed by atoms with E-state index in [1.807, 2.05) is 11.0 Å². The fourth-order valence-corrected chi connectivity index (χ4v) is 3.19. The van der Waals surface area contributed by atoms with Crippen LogP contribution in [-0.2, 0) is 0 Å². The van der Waals surface area contributed by atoms with Crippen LogP contribution < -0.4 is 0 Å². The third-order valence-corrected chi connectivity index (χ3v) is 4.09. The highest BCUT2D eigenvalue weighted by molar-refractivity contribution is 9.10. The molecular weight excluding hydrogens is 314 g/mol. The van der Waals surface area contributed by atoms with E-state index < -0.39 is 0 Å². The van der Waals surface area contributed by atoms with Gasteiger partial charge in [-0.25, -0.2) is 0 Å². The quantitative estimate of drug-likeness (QED) is 0.749. The number of rotatable bonds is 1. The number of hydrogen-bond donors (Lipinski definition) is 0. The molecule has 1 heterocycles. The second-order valence-electron chi connectivity index (χ2n) is 4.99. The Morgan fingerprint density at radius 3 is 2.83 bits per heavy atom. The monoisotopic (exact) mass is 329 g/mol. The minimum Gasteiger partial charge on any atom is -0.339 e. The van der Waals surface area contributed by atoms with E-state index in [0.717, 1.165) is 30.4 Å². The molecule has 4 heteroatoms. The maximum absolute atomic E-state index is 12.4. The van der Waals surface area contributed by atoms with Crippen LogP contribution in [0.3, 0.4) is 0 Å². The molecule has 1 saturated heterocycles. The molecule has 1 aliphatic heterocycles. The number of hydrogen-bond acceptors (Lipinski definition) is 1. The summed E-state index contributed by atoms with van der Waals surface area (Å²) in [5.41, 5.74) is 0.670. The van der Waals surface area contributed by atoms with Gasteiger partial charge < -0.3 is 4.90 Å². The number of benzene rings is 1. The number of likely N-dealkylation sites (tertiary alicyclic amines) is 1. The fraction of sp³-hybridized carbons (Fsp3) is 0.500. The van der Waals surface area contributed by atoms with Gasteiger partial charge in [-0.15, -0.1) is 0 Å². The second kappa shape index (κ2) is 6.07. The van der Waals surface area contributed by atoms with E-state index in [0.29, 0.717) is 16.5 Å². The van der Waals surface area contributed by atoms with Crippen LogP contribution in [0.15, 0.2) is 22.7 Å². The van der Waals surface area contributed by atoms with Crippen LogP contribution in [0.25, 0.3) is 0 Å². The summed E-state index contributed by atoms with van der Waals surface area (Å²) in [7, 11) is 0. The summed E-state index contributed by atoms with van der Waals surface area (Å²) in [6.45, 7) is 3.96. The summed E-state index contributed by atoms with van der Waals surface area (Å²) >= 11 is 9.36. The van der Waals surface area contributed by atoms with Gasteiger partial charge in [0.1, 0.15) is 0 Å². The first kappa shape index (κ1) is 13.9. The Morgan fingerprint density at radius 1 is 1.33 bits per heavy atom. The molecule has 1 aromatic rings. The standard InChI is InChI=1S/C14H17BrClNO/c1-10-3-2-5-17(6-4-10)14(18)11-7-12(15)9-13(16)8-11/h7-10H,2-6H2,1H3. The first-order valence-electron chi connectivity index (χ1n) is 6.31. The molecule has 0 radical (unpaired) electrons. The van der Waals surface area contributed by atoms with Crippen molar-refractivity contribution in [3.63, 3.8) is 0 Å². The maximum atomic E-state index is 12.4. The molecule has 0 spiro atoms. The number of amides is 1. The van der Waals surface area contributed by atoms with Gasteiger partial charge >= 0.3 is 0 Å². The van der Waals surface area contributed by atoms with Gasteiger partial charge in [-0.1, -0.05) is 34.5 Å². The van der Waals surface area contributed by atoms with E-state index in [1.165, 1.54) is 6.42 Å². The summed E-state index contributed by atoms with van der Waals surface area (Å²) in [4.78, 5) is 14.4. The van der Waals surface area contributed by atoms with Gasteiger partial charge in [-0.3, -0.25) is 4.79 Å². The minimum absolute atomic E-state index is 0.0901. The highest BCUT2D eigenvalue weighted by Crippen LogP contribution is 2.23. The van der Waals surface area contributed by atoms with E-state index in [1.54, 1.807) is 12.1 Å². The molecule has 1 atom stereocenters. The van der Waals surface area contributed by atoms with Crippen LogP contribution in [0.4, 0.5) is 0 Å². The van der Waals surface area contributed by atoms with Gasteiger partial charge in [0.15, 0.2) is 0 Å². The van der Waals surface area contributed by atoms with Crippen molar-refractivity contribution in [2.45, 2.75) is 26.2 Å². The van der Waals surface area contributed by atoms with E-state index in [9.17, 15) is 4.79 Å². The number of carbonyl (C=O) groups excluding carboxylic acids is 1. The summed E-state index contributed by atoms with van der Waals surface area (Å²) < 4.78 is 0.849. The van der Waals surface area contributed by atoms with E-state index >= 15 is 0 Å². The van der Waals surface area contributed by atoms with Crippen LogP contribution >= 0.6 is 27.5 Å².